The summed E-state index contributed by atoms with van der Waals surface area (Å²) < 4.78 is 73.6. The summed E-state index contributed by atoms with van der Waals surface area (Å²) in [5, 5.41) is 17.5. The van der Waals surface area contributed by atoms with E-state index in [-0.39, 0.29) is 43.6 Å². The Kier molecular flexibility index (Phi) is 72.9. The number of hydrogen-bond donors (Lipinski definition) is 4. The minimum atomic E-state index is -5.06. The molecule has 1 aliphatic rings. The number of amides is 3. The Hall–Kier alpha value is -5.60. The van der Waals surface area contributed by atoms with Gasteiger partial charge in [-0.2, -0.15) is 0 Å². The van der Waals surface area contributed by atoms with Crippen LogP contribution in [0.1, 0.15) is 485 Å². The number of nitrogens with two attached hydrogens (primary N) is 1. The number of nitrogens with one attached hydrogen (secondary N) is 2. The molecule has 732 valence electrons. The largest absolute Gasteiger partial charge is 0.588 e. The van der Waals surface area contributed by atoms with E-state index in [0.29, 0.717) is 57.8 Å². The Morgan fingerprint density at radius 2 is 0.654 bits per heavy atom. The molecular weight excluding hydrogens is 1620 g/mol. The van der Waals surface area contributed by atoms with Crippen LogP contribution in [0.25, 0.3) is 0 Å². The summed E-state index contributed by atoms with van der Waals surface area (Å²) >= 11 is 0. The van der Waals surface area contributed by atoms with Gasteiger partial charge in [0.2, 0.25) is 17.7 Å². The van der Waals surface area contributed by atoms with Crippen molar-refractivity contribution in [3.8, 4) is 11.5 Å². The van der Waals surface area contributed by atoms with E-state index >= 15 is 14.2 Å². The van der Waals surface area contributed by atoms with Crippen molar-refractivity contribution in [3.63, 3.8) is 0 Å². The van der Waals surface area contributed by atoms with Crippen LogP contribution in [-0.4, -0.2) is 115 Å². The van der Waals surface area contributed by atoms with Gasteiger partial charge in [-0.15, -0.1) is 0 Å². The van der Waals surface area contributed by atoms with Crippen molar-refractivity contribution in [3.05, 3.63) is 60.7 Å². The minimum Gasteiger partial charge on any atom is -0.462 e. The number of aliphatic hydroxyl groups excluding tert-OH is 1. The molecule has 1 saturated heterocycles. The fraction of sp³-hybridized carbons (Fsp3) is 0.819. The summed E-state index contributed by atoms with van der Waals surface area (Å²) in [7, 11) is -5.06. The van der Waals surface area contributed by atoms with Crippen LogP contribution in [0.15, 0.2) is 60.7 Å². The molecule has 1 aliphatic heterocycles. The zero-order valence-electron chi connectivity index (χ0n) is 81.1. The summed E-state index contributed by atoms with van der Waals surface area (Å²) in [5.74, 6) is -4.50. The van der Waals surface area contributed by atoms with Crippen LogP contribution in [0.2, 0.25) is 0 Å². The Labute approximate surface area is 771 Å². The lowest BCUT2D eigenvalue weighted by molar-refractivity contribution is -0.271. The lowest BCUT2D eigenvalue weighted by atomic mass is 9.95. The normalized spacial score (nSPS) is 16.1. The molecule has 22 heteroatoms. The lowest BCUT2D eigenvalue weighted by Crippen LogP contribution is -2.67. The van der Waals surface area contributed by atoms with Crippen LogP contribution in [0, 0.1) is 0 Å². The maximum absolute atomic E-state index is 15.9. The second-order valence-corrected chi connectivity index (χ2v) is 38.1. The van der Waals surface area contributed by atoms with Crippen molar-refractivity contribution in [2.75, 3.05) is 13.2 Å². The molecule has 0 bridgehead atoms. The predicted octanol–water partition coefficient (Wildman–Crippen LogP) is 27.5. The second kappa shape index (κ2) is 80.1. The van der Waals surface area contributed by atoms with Gasteiger partial charge in [0.25, 0.3) is 0 Å². The molecule has 0 unspecified atom stereocenters. The van der Waals surface area contributed by atoms with Gasteiger partial charge in [-0.25, -0.2) is 4.57 Å². The van der Waals surface area contributed by atoms with E-state index in [1.54, 1.807) is 36.4 Å². The number of hydrogen-bond acceptors (Lipinski definition) is 18. The van der Waals surface area contributed by atoms with E-state index in [1.165, 1.54) is 198 Å². The number of rotatable bonds is 89. The van der Waals surface area contributed by atoms with Crippen LogP contribution in [0.4, 0.5) is 0 Å². The number of benzene rings is 2. The van der Waals surface area contributed by atoms with Crippen LogP contribution < -0.4 is 25.4 Å². The smallest absolute Gasteiger partial charge is 0.462 e. The third kappa shape index (κ3) is 62.4. The van der Waals surface area contributed by atoms with Crippen molar-refractivity contribution in [2.24, 2.45) is 5.73 Å². The molecule has 0 saturated carbocycles. The van der Waals surface area contributed by atoms with Crippen molar-refractivity contribution < 1.29 is 85.2 Å². The Morgan fingerprint density at radius 3 is 0.953 bits per heavy atom. The van der Waals surface area contributed by atoms with E-state index in [0.717, 1.165) is 173 Å². The van der Waals surface area contributed by atoms with E-state index in [4.69, 9.17) is 47.7 Å². The molecule has 0 aromatic heterocycles. The number of aliphatic hydroxyl groups is 1. The first-order valence-electron chi connectivity index (χ1n) is 52.3. The van der Waals surface area contributed by atoms with E-state index < -0.39 is 124 Å². The van der Waals surface area contributed by atoms with Gasteiger partial charge in [-0.1, -0.05) is 425 Å². The molecule has 127 heavy (non-hydrogen) atoms. The summed E-state index contributed by atoms with van der Waals surface area (Å²) in [6.07, 6.45) is 55.3. The molecular formula is C105H184N3O18P. The van der Waals surface area contributed by atoms with E-state index in [9.17, 15) is 29.1 Å². The molecule has 3 rings (SSSR count). The number of phosphoric ester groups is 1. The number of primary amides is 1. The Balaban J connectivity index is 2.21. The topological polar surface area (TPSA) is 290 Å². The quantitative estimate of drug-likeness (QED) is 0.0207. The molecule has 2 aromatic rings. The fourth-order valence-electron chi connectivity index (χ4n) is 16.9. The predicted molar refractivity (Wildman–Crippen MR) is 514 cm³/mol. The number of carbonyl (C=O) groups is 7. The zero-order chi connectivity index (χ0) is 91.9. The van der Waals surface area contributed by atoms with Crippen molar-refractivity contribution in [2.45, 2.75) is 540 Å². The zero-order valence-corrected chi connectivity index (χ0v) is 82.0. The van der Waals surface area contributed by atoms with Gasteiger partial charge in [-0.3, -0.25) is 38.1 Å². The van der Waals surface area contributed by atoms with Gasteiger partial charge in [0, 0.05) is 19.3 Å². The third-order valence-electron chi connectivity index (χ3n) is 24.7. The van der Waals surface area contributed by atoms with Gasteiger partial charge >= 0.3 is 31.7 Å². The SMILES string of the molecule is CCCCCCCCCCCCCC(=O)O[C@H](CCCCCCCCCCC)CC(=O)N[C@H]1[C@H](OC[C@H](NC(=O)C[C@@H](CCCCCCCCCCC)OC(=O)CCCCCCCCCCCCC)C(N)=O)O[C@H](CO)[C@@H](OP(=O)(Oc2ccccc2)Oc2ccccc2)[C@@H]1OC(=O)C[C@@H](CCCCCCCCCCC)OC(=O)CCCCCCCCCCCCC. The summed E-state index contributed by atoms with van der Waals surface area (Å²) in [6, 6.07) is 13.0. The molecule has 0 aliphatic carbocycles. The highest BCUT2D eigenvalue weighted by Gasteiger charge is 2.54. The van der Waals surface area contributed by atoms with Gasteiger partial charge in [0.1, 0.15) is 54.1 Å². The number of carbonyl (C=O) groups excluding carboxylic acids is 7. The highest BCUT2D eigenvalue weighted by Crippen LogP contribution is 2.53. The maximum atomic E-state index is 15.9. The Morgan fingerprint density at radius 1 is 0.370 bits per heavy atom. The van der Waals surface area contributed by atoms with Crippen molar-refractivity contribution in [1.29, 1.82) is 0 Å². The maximum Gasteiger partial charge on any atom is 0.588 e. The highest BCUT2D eigenvalue weighted by molar-refractivity contribution is 7.49. The molecule has 21 nitrogen and oxygen atoms in total. The lowest BCUT2D eigenvalue weighted by Gasteiger charge is -2.45. The van der Waals surface area contributed by atoms with Gasteiger partial charge in [0.05, 0.1) is 32.5 Å². The first-order chi connectivity index (χ1) is 62.0. The Bertz CT molecular complexity index is 3000. The van der Waals surface area contributed by atoms with Crippen LogP contribution >= 0.6 is 7.82 Å². The number of esters is 4. The van der Waals surface area contributed by atoms with E-state index in [1.807, 2.05) is 0 Å². The van der Waals surface area contributed by atoms with Crippen molar-refractivity contribution >= 4 is 49.4 Å². The van der Waals surface area contributed by atoms with Gasteiger partial charge < -0.3 is 58.9 Å². The van der Waals surface area contributed by atoms with E-state index in [2.05, 4.69) is 52.2 Å². The average molecular weight is 1810 g/mol. The molecule has 1 heterocycles. The fourth-order valence-corrected chi connectivity index (χ4v) is 18.4. The van der Waals surface area contributed by atoms with Crippen molar-refractivity contribution in [1.82, 2.24) is 10.6 Å². The summed E-state index contributed by atoms with van der Waals surface area (Å²) in [6.45, 7) is 11.6. The standard InChI is InChI=1S/C105H184N3O18P/c1-7-13-19-25-31-37-40-46-52-58-70-80-97(112)119-90(77-63-55-49-43-34-28-22-16-10-4)83-95(110)107-93(104(106)116)87-118-105-101(108-96(111)84-91(78-64-56-50-44-35-29-23-17-11-5)120-98(113)81-71-59-53-47-41-38-32-26-20-14-8-2)103(102(94(86-109)122-105)126-127(117,124-88-73-66-61-67-74-88)125-89-75-68-62-69-76-89)123-100(115)85-92(79-65-57-51-45-36-30-24-18-12-6)121-99(114)82-72-60-54-48-42-39-33-27-21-15-9-3/h61-62,66-69,73-76,90-94,101-103,105,109H,7-60,63-65,70-72,77-87H2,1-6H3,(H2,106,116)(H,107,110)(H,108,111)/t90-,91-,92-,93+,94-,101-,102-,103-,105-/m1/s1. The highest BCUT2D eigenvalue weighted by atomic mass is 31.2. The van der Waals surface area contributed by atoms with Crippen LogP contribution in [0.3, 0.4) is 0 Å². The molecule has 2 aromatic carbocycles. The van der Waals surface area contributed by atoms with Gasteiger partial charge in [-0.05, 0) is 82.1 Å². The first-order valence-corrected chi connectivity index (χ1v) is 53.8. The minimum absolute atomic E-state index is 0.0520. The molecule has 0 radical (unpaired) electrons. The average Bonchev–Trinajstić information content (AvgIpc) is 0.771. The van der Waals surface area contributed by atoms with Crippen LogP contribution in [0.5, 0.6) is 11.5 Å². The molecule has 3 amide bonds. The number of unbranched alkanes of at least 4 members (excludes halogenated alkanes) is 54. The third-order valence-corrected chi connectivity index (χ3v) is 26.0. The number of phosphoric acid groups is 1. The first kappa shape index (κ1) is 116. The summed E-state index contributed by atoms with van der Waals surface area (Å²) in [5.41, 5.74) is 6.19. The number of para-hydroxylation sites is 2. The molecule has 1 fully saturated rings. The van der Waals surface area contributed by atoms with Crippen LogP contribution in [-0.2, 0) is 71.1 Å². The number of ether oxygens (including phenoxy) is 6. The molecule has 5 N–H and O–H groups in total. The monoisotopic (exact) mass is 1810 g/mol. The molecule has 9 atom stereocenters. The summed E-state index contributed by atoms with van der Waals surface area (Å²) in [4.78, 5) is 101. The molecule has 0 spiro atoms. The van der Waals surface area contributed by atoms with Gasteiger partial charge in [0.15, 0.2) is 12.4 Å². The second-order valence-electron chi connectivity index (χ2n) is 36.6.